The van der Waals surface area contributed by atoms with Gasteiger partial charge >= 0.3 is 0 Å². The van der Waals surface area contributed by atoms with E-state index in [2.05, 4.69) is 6.92 Å². The summed E-state index contributed by atoms with van der Waals surface area (Å²) < 4.78 is 30.7. The van der Waals surface area contributed by atoms with Gasteiger partial charge in [0, 0.05) is 0 Å². The highest BCUT2D eigenvalue weighted by Gasteiger charge is 2.15. The lowest BCUT2D eigenvalue weighted by atomic mass is 10.0. The molecule has 0 amide bonds. The first-order chi connectivity index (χ1) is 12.4. The minimum atomic E-state index is -3.85. The molecule has 158 valence electrons. The van der Waals surface area contributed by atoms with Crippen molar-refractivity contribution in [2.75, 3.05) is 0 Å². The summed E-state index contributed by atoms with van der Waals surface area (Å²) in [4.78, 5) is 0. The normalized spacial score (nSPS) is 14.5. The van der Waals surface area contributed by atoms with E-state index in [1.165, 1.54) is 64.2 Å². The Balaban J connectivity index is 3.26. The van der Waals surface area contributed by atoms with Gasteiger partial charge in [-0.15, -0.1) is 0 Å². The maximum absolute atomic E-state index is 10.9. The number of hydrogen-bond acceptors (Lipinski definition) is 3. The molecule has 0 aromatic rings. The molecular formula is C21H44O4S. The lowest BCUT2D eigenvalue weighted by Crippen LogP contribution is -2.16. The van der Waals surface area contributed by atoms with Gasteiger partial charge in [0.05, 0.1) is 11.4 Å². The van der Waals surface area contributed by atoms with E-state index in [0.29, 0.717) is 6.42 Å². The number of hydrogen-bond donors (Lipinski definition) is 2. The smallest absolute Gasteiger partial charge is 0.267 e. The minimum Gasteiger partial charge on any atom is -0.393 e. The average molecular weight is 393 g/mol. The minimum absolute atomic E-state index is 0.0956. The molecule has 0 bridgehead atoms. The molecule has 26 heavy (non-hydrogen) atoms. The average Bonchev–Trinajstić information content (AvgIpc) is 2.58. The van der Waals surface area contributed by atoms with Crippen LogP contribution in [0.4, 0.5) is 0 Å². The Morgan fingerprint density at radius 2 is 1.00 bits per heavy atom. The van der Waals surface area contributed by atoms with Gasteiger partial charge in [0.1, 0.15) is 0 Å². The van der Waals surface area contributed by atoms with Crippen molar-refractivity contribution in [3.8, 4) is 0 Å². The largest absolute Gasteiger partial charge is 0.393 e. The first-order valence-corrected chi connectivity index (χ1v) is 12.5. The Morgan fingerprint density at radius 1 is 0.654 bits per heavy atom. The van der Waals surface area contributed by atoms with E-state index < -0.39 is 15.4 Å². The van der Waals surface area contributed by atoms with E-state index in [0.717, 1.165) is 38.5 Å². The molecule has 0 saturated heterocycles. The Kier molecular flexibility index (Phi) is 16.9. The van der Waals surface area contributed by atoms with Crippen LogP contribution in [0.1, 0.15) is 123 Å². The fraction of sp³-hybridized carbons (Fsp3) is 1.00. The van der Waals surface area contributed by atoms with Crippen LogP contribution in [0.25, 0.3) is 0 Å². The molecule has 0 aliphatic carbocycles. The van der Waals surface area contributed by atoms with Crippen LogP contribution in [0.5, 0.6) is 0 Å². The van der Waals surface area contributed by atoms with Crippen molar-refractivity contribution >= 4 is 10.1 Å². The lowest BCUT2D eigenvalue weighted by molar-refractivity contribution is 0.147. The zero-order chi connectivity index (χ0) is 19.7. The molecule has 0 aliphatic heterocycles. The number of aliphatic hydroxyl groups is 1. The predicted molar refractivity (Wildman–Crippen MR) is 111 cm³/mol. The first-order valence-electron chi connectivity index (χ1n) is 11.0. The van der Waals surface area contributed by atoms with E-state index in [1.54, 1.807) is 6.92 Å². The highest BCUT2D eigenvalue weighted by molar-refractivity contribution is 7.86. The van der Waals surface area contributed by atoms with Crippen molar-refractivity contribution in [1.29, 1.82) is 0 Å². The summed E-state index contributed by atoms with van der Waals surface area (Å²) in [5.41, 5.74) is 0. The second-order valence-corrected chi connectivity index (χ2v) is 9.78. The number of unbranched alkanes of at least 4 members (excludes halogenated alkanes) is 12. The maximum atomic E-state index is 10.9. The van der Waals surface area contributed by atoms with Gasteiger partial charge in [0.2, 0.25) is 0 Å². The zero-order valence-electron chi connectivity index (χ0n) is 17.3. The zero-order valence-corrected chi connectivity index (χ0v) is 18.1. The van der Waals surface area contributed by atoms with Gasteiger partial charge in [0.25, 0.3) is 10.1 Å². The third-order valence-electron chi connectivity index (χ3n) is 5.30. The predicted octanol–water partition coefficient (Wildman–Crippen LogP) is 6.28. The van der Waals surface area contributed by atoms with Crippen molar-refractivity contribution in [2.24, 2.45) is 0 Å². The number of aliphatic hydroxyl groups excluding tert-OH is 1. The van der Waals surface area contributed by atoms with Crippen molar-refractivity contribution in [3.05, 3.63) is 0 Å². The van der Waals surface area contributed by atoms with Crippen LogP contribution in [-0.2, 0) is 10.1 Å². The molecule has 2 N–H and O–H groups in total. The molecule has 0 radical (unpaired) electrons. The van der Waals surface area contributed by atoms with Gasteiger partial charge < -0.3 is 5.11 Å². The summed E-state index contributed by atoms with van der Waals surface area (Å²) in [7, 11) is -3.85. The molecule has 0 aromatic carbocycles. The molecule has 0 aromatic heterocycles. The first kappa shape index (κ1) is 25.9. The molecule has 0 spiro atoms. The maximum Gasteiger partial charge on any atom is 0.267 e. The Hall–Kier alpha value is -0.130. The molecule has 2 unspecified atom stereocenters. The van der Waals surface area contributed by atoms with E-state index in [-0.39, 0.29) is 6.10 Å². The van der Waals surface area contributed by atoms with Crippen molar-refractivity contribution in [1.82, 2.24) is 0 Å². The van der Waals surface area contributed by atoms with Crippen LogP contribution < -0.4 is 0 Å². The Bertz CT molecular complexity index is 395. The third kappa shape index (κ3) is 17.3. The molecule has 5 heteroatoms. The molecule has 0 fully saturated rings. The highest BCUT2D eigenvalue weighted by atomic mass is 32.2. The molecule has 4 nitrogen and oxygen atoms in total. The van der Waals surface area contributed by atoms with Crippen molar-refractivity contribution < 1.29 is 18.1 Å². The Labute approximate surface area is 162 Å². The summed E-state index contributed by atoms with van der Waals surface area (Å²) in [6.45, 7) is 3.79. The van der Waals surface area contributed by atoms with Crippen LogP contribution in [0, 0.1) is 0 Å². The summed E-state index contributed by atoms with van der Waals surface area (Å²) in [5, 5.41) is 9.33. The summed E-state index contributed by atoms with van der Waals surface area (Å²) in [6, 6.07) is 0. The van der Waals surface area contributed by atoms with E-state index in [4.69, 9.17) is 4.55 Å². The van der Waals surface area contributed by atoms with Gasteiger partial charge in [-0.1, -0.05) is 96.8 Å². The Morgan fingerprint density at radius 3 is 1.38 bits per heavy atom. The van der Waals surface area contributed by atoms with E-state index >= 15 is 0 Å². The van der Waals surface area contributed by atoms with E-state index in [1.807, 2.05) is 0 Å². The van der Waals surface area contributed by atoms with E-state index in [9.17, 15) is 13.5 Å². The molecule has 0 heterocycles. The van der Waals surface area contributed by atoms with Gasteiger partial charge in [-0.2, -0.15) is 8.42 Å². The second-order valence-electron chi connectivity index (χ2n) is 7.94. The lowest BCUT2D eigenvalue weighted by Gasteiger charge is -2.10. The monoisotopic (exact) mass is 392 g/mol. The van der Waals surface area contributed by atoms with Gasteiger partial charge in [-0.3, -0.25) is 4.55 Å². The van der Waals surface area contributed by atoms with Crippen molar-refractivity contribution in [3.63, 3.8) is 0 Å². The number of rotatable bonds is 19. The summed E-state index contributed by atoms with van der Waals surface area (Å²) in [5.74, 6) is 0. The molecule has 0 saturated carbocycles. The van der Waals surface area contributed by atoms with Gasteiger partial charge in [0.15, 0.2) is 0 Å². The quantitative estimate of drug-likeness (QED) is 0.200. The fourth-order valence-electron chi connectivity index (χ4n) is 3.33. The van der Waals surface area contributed by atoms with Crippen LogP contribution in [-0.4, -0.2) is 29.4 Å². The van der Waals surface area contributed by atoms with Crippen LogP contribution >= 0.6 is 0 Å². The fourth-order valence-corrected chi connectivity index (χ4v) is 3.79. The van der Waals surface area contributed by atoms with Crippen LogP contribution in [0.2, 0.25) is 0 Å². The van der Waals surface area contributed by atoms with Crippen molar-refractivity contribution in [2.45, 2.75) is 134 Å². The third-order valence-corrected chi connectivity index (χ3v) is 6.55. The summed E-state index contributed by atoms with van der Waals surface area (Å²) >= 11 is 0. The molecule has 2 atom stereocenters. The van der Waals surface area contributed by atoms with Crippen LogP contribution in [0.3, 0.4) is 0 Å². The highest BCUT2D eigenvalue weighted by Crippen LogP contribution is 2.15. The molecule has 0 rings (SSSR count). The van der Waals surface area contributed by atoms with Gasteiger partial charge in [-0.25, -0.2) is 0 Å². The summed E-state index contributed by atoms with van der Waals surface area (Å²) in [6.07, 6.45) is 19.1. The second kappa shape index (κ2) is 17.0. The van der Waals surface area contributed by atoms with Crippen LogP contribution in [0.15, 0.2) is 0 Å². The molecule has 0 aliphatic rings. The molecular weight excluding hydrogens is 348 g/mol. The topological polar surface area (TPSA) is 74.6 Å². The standard InChI is InChI=1S/C21H44O4S/c1-3-4-5-11-15-18-21(22)19-16-13-10-8-6-7-9-12-14-17-20(2)26(23,24)25/h20-22H,3-19H2,1-2H3,(H,23,24,25). The SMILES string of the molecule is CCCCCCCC(O)CCCCCCCCCCCC(C)S(=O)(=O)O. The van der Waals surface area contributed by atoms with Gasteiger partial charge in [-0.05, 0) is 26.2 Å².